The Bertz CT molecular complexity index is 1340. The Morgan fingerprint density at radius 2 is 2.03 bits per heavy atom. The number of rotatable bonds is 2. The number of pyridine rings is 1. The van der Waals surface area contributed by atoms with Crippen molar-refractivity contribution < 1.29 is 4.79 Å². The maximum Gasteiger partial charge on any atom is 0.277 e. The van der Waals surface area contributed by atoms with Crippen molar-refractivity contribution in [3.63, 3.8) is 0 Å². The monoisotopic (exact) mass is 419 g/mol. The molecule has 1 aromatic carbocycles. The molecule has 0 saturated heterocycles. The third-order valence-corrected chi connectivity index (χ3v) is 5.70. The van der Waals surface area contributed by atoms with E-state index < -0.39 is 0 Å². The second-order valence-corrected chi connectivity index (χ2v) is 7.76. The maximum atomic E-state index is 13.2. The van der Waals surface area contributed by atoms with Gasteiger partial charge in [0.25, 0.3) is 11.5 Å². The molecule has 5 rings (SSSR count). The van der Waals surface area contributed by atoms with Crippen LogP contribution in [0.3, 0.4) is 0 Å². The average Bonchev–Trinajstić information content (AvgIpc) is 3.18. The van der Waals surface area contributed by atoms with E-state index >= 15 is 0 Å². The molecular weight excluding hydrogens is 402 g/mol. The standard InChI is InChI=1S/C22H18ClN5O2/c1-13-6-7-14(11-24-13)21(29)27-9-8-18-16(12-27)22(30)28-20(25-18)10-19(26-28)15-4-2-3-5-17(15)23/h2-7,10-11,26H,8-9,12H2,1H3. The quantitative estimate of drug-likeness (QED) is 0.540. The molecule has 3 aromatic heterocycles. The van der Waals surface area contributed by atoms with Gasteiger partial charge in [0.2, 0.25) is 0 Å². The van der Waals surface area contributed by atoms with Crippen molar-refractivity contribution in [3.05, 3.63) is 86.6 Å². The van der Waals surface area contributed by atoms with Crippen molar-refractivity contribution in [1.82, 2.24) is 24.5 Å². The van der Waals surface area contributed by atoms with Crippen LogP contribution in [0.25, 0.3) is 16.9 Å². The first-order chi connectivity index (χ1) is 14.5. The van der Waals surface area contributed by atoms with Gasteiger partial charge in [-0.2, -0.15) is 0 Å². The van der Waals surface area contributed by atoms with Gasteiger partial charge in [-0.05, 0) is 25.1 Å². The van der Waals surface area contributed by atoms with Crippen molar-refractivity contribution in [2.24, 2.45) is 0 Å². The number of nitrogens with zero attached hydrogens (tertiary/aromatic N) is 4. The van der Waals surface area contributed by atoms with Crippen LogP contribution in [0.15, 0.2) is 53.5 Å². The van der Waals surface area contributed by atoms with Crippen LogP contribution >= 0.6 is 11.6 Å². The summed E-state index contributed by atoms with van der Waals surface area (Å²) in [6, 6.07) is 12.8. The first-order valence-electron chi connectivity index (χ1n) is 9.61. The lowest BCUT2D eigenvalue weighted by molar-refractivity contribution is 0.0732. The maximum absolute atomic E-state index is 13.2. The molecule has 150 valence electrons. The first-order valence-corrected chi connectivity index (χ1v) is 9.99. The van der Waals surface area contributed by atoms with Crippen LogP contribution in [0.1, 0.15) is 27.3 Å². The molecule has 1 amide bonds. The van der Waals surface area contributed by atoms with Crippen molar-refractivity contribution in [2.75, 3.05) is 6.54 Å². The number of nitrogens with one attached hydrogen (secondary N) is 1. The van der Waals surface area contributed by atoms with Gasteiger partial charge in [-0.15, -0.1) is 0 Å². The molecule has 0 saturated carbocycles. The fraction of sp³-hybridized carbons (Fsp3) is 0.182. The molecule has 4 aromatic rings. The predicted molar refractivity (Wildman–Crippen MR) is 114 cm³/mol. The number of benzene rings is 1. The van der Waals surface area contributed by atoms with Gasteiger partial charge in [0, 0.05) is 41.5 Å². The Hall–Kier alpha value is -3.45. The van der Waals surface area contributed by atoms with Gasteiger partial charge in [0.05, 0.1) is 29.1 Å². The van der Waals surface area contributed by atoms with E-state index in [1.165, 1.54) is 4.52 Å². The summed E-state index contributed by atoms with van der Waals surface area (Å²) < 4.78 is 1.42. The molecule has 0 aliphatic carbocycles. The summed E-state index contributed by atoms with van der Waals surface area (Å²) >= 11 is 6.30. The highest BCUT2D eigenvalue weighted by Crippen LogP contribution is 2.27. The predicted octanol–water partition coefficient (Wildman–Crippen LogP) is 3.24. The van der Waals surface area contributed by atoms with Gasteiger partial charge in [-0.1, -0.05) is 29.8 Å². The number of carbonyl (C=O) groups is 1. The molecule has 0 radical (unpaired) electrons. The molecule has 4 heterocycles. The smallest absolute Gasteiger partial charge is 0.277 e. The Kier molecular flexibility index (Phi) is 4.40. The number of halogens is 1. The number of hydrogen-bond acceptors (Lipinski definition) is 4. The number of carbonyl (C=O) groups excluding carboxylic acids is 1. The molecule has 1 aliphatic rings. The van der Waals surface area contributed by atoms with Crippen molar-refractivity contribution >= 4 is 23.2 Å². The topological polar surface area (TPSA) is 83.4 Å². The summed E-state index contributed by atoms with van der Waals surface area (Å²) in [5, 5.41) is 3.69. The van der Waals surface area contributed by atoms with E-state index in [2.05, 4.69) is 15.1 Å². The van der Waals surface area contributed by atoms with Gasteiger partial charge in [-0.25, -0.2) is 9.50 Å². The number of fused-ring (bicyclic) bond motifs is 2. The van der Waals surface area contributed by atoms with Gasteiger partial charge in [0.1, 0.15) is 0 Å². The van der Waals surface area contributed by atoms with Crippen LogP contribution in [0.2, 0.25) is 5.02 Å². The first kappa shape index (κ1) is 18.6. The van der Waals surface area contributed by atoms with Crippen molar-refractivity contribution in [3.8, 4) is 11.3 Å². The van der Waals surface area contributed by atoms with Gasteiger partial charge in [-0.3, -0.25) is 19.7 Å². The summed E-state index contributed by atoms with van der Waals surface area (Å²) in [5.74, 6) is -0.138. The second-order valence-electron chi connectivity index (χ2n) is 7.35. The molecular formula is C22H18ClN5O2. The van der Waals surface area contributed by atoms with Crippen LogP contribution in [0.5, 0.6) is 0 Å². The molecule has 0 bridgehead atoms. The third-order valence-electron chi connectivity index (χ3n) is 5.37. The van der Waals surface area contributed by atoms with E-state index in [0.717, 1.165) is 17.0 Å². The number of aromatic amines is 1. The molecule has 0 atom stereocenters. The van der Waals surface area contributed by atoms with E-state index in [-0.39, 0.29) is 18.0 Å². The van der Waals surface area contributed by atoms with Crippen LogP contribution in [-0.4, -0.2) is 36.9 Å². The fourth-order valence-corrected chi connectivity index (χ4v) is 3.99. The highest BCUT2D eigenvalue weighted by Gasteiger charge is 2.26. The van der Waals surface area contributed by atoms with E-state index in [1.54, 1.807) is 29.3 Å². The van der Waals surface area contributed by atoms with Crippen LogP contribution < -0.4 is 5.56 Å². The van der Waals surface area contributed by atoms with E-state index in [9.17, 15) is 9.59 Å². The number of aryl methyl sites for hydroxylation is 1. The molecule has 0 fully saturated rings. The summed E-state index contributed by atoms with van der Waals surface area (Å²) in [6.45, 7) is 2.60. The lowest BCUT2D eigenvalue weighted by Gasteiger charge is -2.27. The molecule has 1 N–H and O–H groups in total. The SMILES string of the molecule is Cc1ccc(C(=O)N2CCc3nc4cc(-c5ccccc5Cl)[nH]n4c(=O)c3C2)cn1. The fourth-order valence-electron chi connectivity index (χ4n) is 3.75. The van der Waals surface area contributed by atoms with Gasteiger partial charge >= 0.3 is 0 Å². The van der Waals surface area contributed by atoms with Crippen LogP contribution in [0.4, 0.5) is 0 Å². The Balaban J connectivity index is 1.52. The van der Waals surface area contributed by atoms with E-state index in [1.807, 2.05) is 31.2 Å². The molecule has 1 aliphatic heterocycles. The second kappa shape index (κ2) is 7.11. The highest BCUT2D eigenvalue weighted by molar-refractivity contribution is 6.33. The van der Waals surface area contributed by atoms with Crippen molar-refractivity contribution in [1.29, 1.82) is 0 Å². The molecule has 8 heteroatoms. The average molecular weight is 420 g/mol. The molecule has 0 unspecified atom stereocenters. The van der Waals surface area contributed by atoms with Gasteiger partial charge < -0.3 is 4.90 Å². The highest BCUT2D eigenvalue weighted by atomic mass is 35.5. The summed E-state index contributed by atoms with van der Waals surface area (Å²) in [6.07, 6.45) is 2.10. The lowest BCUT2D eigenvalue weighted by atomic mass is 10.1. The number of hydrogen-bond donors (Lipinski definition) is 1. The number of amides is 1. The Morgan fingerprint density at radius 3 is 2.80 bits per heavy atom. The minimum atomic E-state index is -0.201. The summed E-state index contributed by atoms with van der Waals surface area (Å²) in [7, 11) is 0. The van der Waals surface area contributed by atoms with E-state index in [0.29, 0.717) is 40.5 Å². The van der Waals surface area contributed by atoms with Crippen LogP contribution in [0, 0.1) is 6.92 Å². The summed E-state index contributed by atoms with van der Waals surface area (Å²) in [5.41, 5.74) is 4.47. The van der Waals surface area contributed by atoms with E-state index in [4.69, 9.17) is 11.6 Å². The Morgan fingerprint density at radius 1 is 1.20 bits per heavy atom. The minimum Gasteiger partial charge on any atom is -0.334 e. The minimum absolute atomic E-state index is 0.138. The van der Waals surface area contributed by atoms with Crippen molar-refractivity contribution in [2.45, 2.75) is 19.9 Å². The zero-order valence-electron chi connectivity index (χ0n) is 16.2. The zero-order valence-corrected chi connectivity index (χ0v) is 17.0. The lowest BCUT2D eigenvalue weighted by Crippen LogP contribution is -2.40. The molecule has 0 spiro atoms. The number of H-pyrrole nitrogens is 1. The third kappa shape index (κ3) is 3.07. The Labute approximate surface area is 176 Å². The zero-order chi connectivity index (χ0) is 20.8. The normalized spacial score (nSPS) is 13.5. The molecule has 30 heavy (non-hydrogen) atoms. The molecule has 7 nitrogen and oxygen atoms in total. The van der Waals surface area contributed by atoms with Crippen LogP contribution in [-0.2, 0) is 13.0 Å². The summed E-state index contributed by atoms with van der Waals surface area (Å²) in [4.78, 5) is 36.5. The number of aromatic nitrogens is 4. The van der Waals surface area contributed by atoms with Gasteiger partial charge in [0.15, 0.2) is 5.65 Å². The largest absolute Gasteiger partial charge is 0.334 e.